The largest absolute Gasteiger partial charge is 0.462 e. The van der Waals surface area contributed by atoms with Crippen molar-refractivity contribution < 1.29 is 14.6 Å². The van der Waals surface area contributed by atoms with E-state index in [1.807, 2.05) is 0 Å². The van der Waals surface area contributed by atoms with Crippen molar-refractivity contribution in [3.63, 3.8) is 0 Å². The van der Waals surface area contributed by atoms with Crippen LogP contribution in [0.4, 0.5) is 4.79 Å². The van der Waals surface area contributed by atoms with E-state index in [0.29, 0.717) is 0 Å². The normalized spacial score (nSPS) is 10.8. The highest BCUT2D eigenvalue weighted by molar-refractivity contribution is 5.65. The highest BCUT2D eigenvalue weighted by atomic mass is 16.6. The second-order valence-corrected chi connectivity index (χ2v) is 1.34. The maximum atomic E-state index is 9.94. The van der Waals surface area contributed by atoms with E-state index < -0.39 is 12.2 Å². The Morgan fingerprint density at radius 2 is 2.44 bits per heavy atom. The van der Waals surface area contributed by atoms with Crippen LogP contribution in [0.2, 0.25) is 0 Å². The van der Waals surface area contributed by atoms with E-state index >= 15 is 0 Å². The van der Waals surface area contributed by atoms with Crippen molar-refractivity contribution in [2.45, 2.75) is 13.0 Å². The van der Waals surface area contributed by atoms with Crippen LogP contribution in [0.15, 0.2) is 0 Å². The summed E-state index contributed by atoms with van der Waals surface area (Å²) >= 11 is 0. The average Bonchev–Trinajstić information content (AvgIpc) is 1.63. The summed E-state index contributed by atoms with van der Waals surface area (Å²) in [5.41, 5.74) is 4.61. The number of rotatable bonds is 1. The molecule has 0 saturated carbocycles. The summed E-state index contributed by atoms with van der Waals surface area (Å²) in [5, 5.41) is 7.96. The molecule has 0 bridgehead atoms. The second-order valence-electron chi connectivity index (χ2n) is 1.34. The second kappa shape index (κ2) is 3.61. The number of primary amides is 1. The zero-order chi connectivity index (χ0) is 7.28. The lowest BCUT2D eigenvalue weighted by Gasteiger charge is -2.00. The molecule has 0 aliphatic carbocycles. The molecule has 0 aromatic rings. The molecule has 0 radical (unpaired) electrons. The molecule has 4 heteroatoms. The summed E-state index contributed by atoms with van der Waals surface area (Å²) in [5.74, 6) is 2.16. The van der Waals surface area contributed by atoms with Gasteiger partial charge in [0, 0.05) is 0 Å². The minimum atomic E-state index is -0.898. The minimum Gasteiger partial charge on any atom is -0.462 e. The zero-order valence-corrected chi connectivity index (χ0v) is 4.92. The van der Waals surface area contributed by atoms with Crippen molar-refractivity contribution in [1.82, 2.24) is 0 Å². The van der Waals surface area contributed by atoms with E-state index in [1.165, 1.54) is 6.92 Å². The Kier molecular flexibility index (Phi) is 3.06. The molecule has 0 fully saturated rings. The van der Waals surface area contributed by atoms with Crippen molar-refractivity contribution in [3.05, 3.63) is 0 Å². The van der Waals surface area contributed by atoms with Gasteiger partial charge in [0.05, 0.1) is 0 Å². The Morgan fingerprint density at radius 3 is 2.78 bits per heavy atom. The molecule has 0 rings (SSSR count). The van der Waals surface area contributed by atoms with Gasteiger partial charge in [0.2, 0.25) is 0 Å². The lowest BCUT2D eigenvalue weighted by atomic mass is 10.4. The van der Waals surface area contributed by atoms with E-state index in [-0.39, 0.29) is 0 Å². The van der Waals surface area contributed by atoms with Crippen LogP contribution in [0.1, 0.15) is 6.92 Å². The number of hydrogen-bond acceptors (Lipinski definition) is 3. The van der Waals surface area contributed by atoms with Crippen LogP contribution >= 0.6 is 0 Å². The predicted octanol–water partition coefficient (Wildman–Crippen LogP) is -0.196. The van der Waals surface area contributed by atoms with Gasteiger partial charge in [-0.3, -0.25) is 0 Å². The monoisotopic (exact) mass is 129 g/mol. The fourth-order valence-corrected chi connectivity index (χ4v) is 0.295. The van der Waals surface area contributed by atoms with Crippen molar-refractivity contribution in [3.8, 4) is 12.0 Å². The summed E-state index contributed by atoms with van der Waals surface area (Å²) in [7, 11) is 0. The third-order valence-electron chi connectivity index (χ3n) is 0.561. The topological polar surface area (TPSA) is 72.6 Å². The van der Waals surface area contributed by atoms with Gasteiger partial charge in [-0.15, -0.1) is 0 Å². The summed E-state index contributed by atoms with van der Waals surface area (Å²) in [4.78, 5) is 9.94. The molecule has 0 spiro atoms. The summed E-state index contributed by atoms with van der Waals surface area (Å²) < 4.78 is 4.30. The Morgan fingerprint density at radius 1 is 1.89 bits per heavy atom. The van der Waals surface area contributed by atoms with Gasteiger partial charge in [-0.05, 0) is 12.8 Å². The quantitative estimate of drug-likeness (QED) is 0.481. The minimum absolute atomic E-state index is 0.646. The number of aliphatic hydroxyl groups is 1. The lowest BCUT2D eigenvalue weighted by Crippen LogP contribution is -2.18. The fourth-order valence-electron chi connectivity index (χ4n) is 0.295. The van der Waals surface area contributed by atoms with Gasteiger partial charge in [-0.1, -0.05) is 0 Å². The van der Waals surface area contributed by atoms with Crippen molar-refractivity contribution in [2.75, 3.05) is 0 Å². The SMILES string of the molecule is CC(C#CO)OC(N)=O. The first-order valence-corrected chi connectivity index (χ1v) is 2.27. The van der Waals surface area contributed by atoms with Crippen LogP contribution in [0.5, 0.6) is 0 Å². The van der Waals surface area contributed by atoms with E-state index in [9.17, 15) is 4.79 Å². The van der Waals surface area contributed by atoms with Crippen LogP contribution in [0.25, 0.3) is 0 Å². The number of carbonyl (C=O) groups is 1. The highest BCUT2D eigenvalue weighted by Gasteiger charge is 1.99. The molecule has 50 valence electrons. The van der Waals surface area contributed by atoms with Gasteiger partial charge in [0.25, 0.3) is 0 Å². The fraction of sp³-hybridized carbons (Fsp3) is 0.400. The molecule has 3 N–H and O–H groups in total. The smallest absolute Gasteiger partial charge is 0.405 e. The average molecular weight is 129 g/mol. The molecule has 4 nitrogen and oxygen atoms in total. The maximum Gasteiger partial charge on any atom is 0.405 e. The van der Waals surface area contributed by atoms with Gasteiger partial charge in [-0.25, -0.2) is 4.79 Å². The van der Waals surface area contributed by atoms with Crippen LogP contribution in [-0.4, -0.2) is 17.3 Å². The Balaban J connectivity index is 3.59. The summed E-state index contributed by atoms with van der Waals surface area (Å²) in [6, 6.07) is 0. The maximum absolute atomic E-state index is 9.94. The van der Waals surface area contributed by atoms with Gasteiger partial charge in [-0.2, -0.15) is 0 Å². The van der Waals surface area contributed by atoms with Crippen molar-refractivity contribution in [2.24, 2.45) is 5.73 Å². The van der Waals surface area contributed by atoms with E-state index in [4.69, 9.17) is 5.11 Å². The molecule has 1 unspecified atom stereocenters. The van der Waals surface area contributed by atoms with Crippen LogP contribution < -0.4 is 5.73 Å². The molecule has 0 aliphatic heterocycles. The number of amides is 1. The van der Waals surface area contributed by atoms with E-state index in [0.717, 1.165) is 0 Å². The number of nitrogens with two attached hydrogens (primary N) is 1. The molecule has 1 atom stereocenters. The molecule has 0 aromatic carbocycles. The molecular weight excluding hydrogens is 122 g/mol. The van der Waals surface area contributed by atoms with Crippen LogP contribution in [0.3, 0.4) is 0 Å². The molecular formula is C5H7NO3. The molecule has 0 heterocycles. The Hall–Kier alpha value is -1.37. The third-order valence-corrected chi connectivity index (χ3v) is 0.561. The molecule has 1 amide bonds. The summed E-state index contributed by atoms with van der Waals surface area (Å²) in [6.45, 7) is 1.49. The third kappa shape index (κ3) is 4.48. The standard InChI is InChI=1S/C5H7NO3/c1-4(2-3-7)9-5(6)8/h4,7H,1H3,(H2,6,8). The molecule has 0 aliphatic rings. The first kappa shape index (κ1) is 7.63. The first-order chi connectivity index (χ1) is 4.16. The number of aliphatic hydroxyl groups excluding tert-OH is 1. The first-order valence-electron chi connectivity index (χ1n) is 2.27. The summed E-state index contributed by atoms with van der Waals surface area (Å²) in [6.07, 6.45) is 0.0463. The van der Waals surface area contributed by atoms with Gasteiger partial charge < -0.3 is 15.6 Å². The van der Waals surface area contributed by atoms with Gasteiger partial charge in [0.1, 0.15) is 6.11 Å². The Labute approximate surface area is 52.6 Å². The number of hydrogen-bond donors (Lipinski definition) is 2. The van der Waals surface area contributed by atoms with E-state index in [1.54, 1.807) is 6.11 Å². The number of ether oxygens (including phenoxy) is 1. The van der Waals surface area contributed by atoms with Gasteiger partial charge >= 0.3 is 6.09 Å². The highest BCUT2D eigenvalue weighted by Crippen LogP contribution is 1.85. The molecule has 0 saturated heterocycles. The van der Waals surface area contributed by atoms with Crippen molar-refractivity contribution >= 4 is 6.09 Å². The van der Waals surface area contributed by atoms with Crippen LogP contribution in [-0.2, 0) is 4.74 Å². The lowest BCUT2D eigenvalue weighted by molar-refractivity contribution is 0.140. The zero-order valence-electron chi connectivity index (χ0n) is 4.92. The van der Waals surface area contributed by atoms with E-state index in [2.05, 4.69) is 16.4 Å². The molecule has 0 aromatic heterocycles. The predicted molar refractivity (Wildman–Crippen MR) is 29.8 cm³/mol. The number of carbonyl (C=O) groups excluding carboxylic acids is 1. The van der Waals surface area contributed by atoms with Gasteiger partial charge in [0.15, 0.2) is 6.10 Å². The van der Waals surface area contributed by atoms with Crippen LogP contribution in [0, 0.1) is 12.0 Å². The Bertz CT molecular complexity index is 155. The molecule has 9 heavy (non-hydrogen) atoms. The van der Waals surface area contributed by atoms with Crippen molar-refractivity contribution in [1.29, 1.82) is 0 Å².